The second kappa shape index (κ2) is 7.81. The van der Waals surface area contributed by atoms with Crippen LogP contribution in [-0.2, 0) is 19.1 Å². The van der Waals surface area contributed by atoms with E-state index in [1.54, 1.807) is 4.90 Å². The van der Waals surface area contributed by atoms with Crippen molar-refractivity contribution in [3.63, 3.8) is 0 Å². The predicted octanol–water partition coefficient (Wildman–Crippen LogP) is -1.03. The van der Waals surface area contributed by atoms with Crippen molar-refractivity contribution in [1.29, 1.82) is 0 Å². The molecular weight excluding hydrogens is 266 g/mol. The largest absolute Gasteiger partial charge is 0.481 e. The molecule has 1 heterocycles. The Morgan fingerprint density at radius 2 is 2.00 bits per heavy atom. The molecule has 2 atom stereocenters. The fourth-order valence-electron chi connectivity index (χ4n) is 2.17. The van der Waals surface area contributed by atoms with Gasteiger partial charge in [-0.1, -0.05) is 6.92 Å². The van der Waals surface area contributed by atoms with Crippen LogP contribution in [0.15, 0.2) is 0 Å². The van der Waals surface area contributed by atoms with Gasteiger partial charge in [-0.05, 0) is 13.0 Å². The second-order valence-corrected chi connectivity index (χ2v) is 4.75. The topological polar surface area (TPSA) is 108 Å². The summed E-state index contributed by atoms with van der Waals surface area (Å²) < 4.78 is 5.21. The molecule has 8 heteroatoms. The van der Waals surface area contributed by atoms with E-state index < -0.39 is 11.9 Å². The number of carbonyl (C=O) groups is 3. The molecule has 0 radical (unpaired) electrons. The summed E-state index contributed by atoms with van der Waals surface area (Å²) in [5.41, 5.74) is 4.47. The highest BCUT2D eigenvalue weighted by atomic mass is 16.5. The molecule has 1 rings (SSSR count). The zero-order valence-electron chi connectivity index (χ0n) is 11.7. The average Bonchev–Trinajstić information content (AvgIpc) is 2.85. The van der Waals surface area contributed by atoms with Gasteiger partial charge in [-0.3, -0.25) is 30.1 Å². The van der Waals surface area contributed by atoms with E-state index in [2.05, 4.69) is 10.9 Å². The van der Waals surface area contributed by atoms with Crippen LogP contribution in [0.4, 0.5) is 0 Å². The van der Waals surface area contributed by atoms with Crippen LogP contribution in [0.3, 0.4) is 0 Å². The van der Waals surface area contributed by atoms with E-state index in [4.69, 9.17) is 9.84 Å². The third kappa shape index (κ3) is 4.78. The molecule has 1 aliphatic rings. The minimum atomic E-state index is -0.920. The zero-order valence-corrected chi connectivity index (χ0v) is 11.7. The van der Waals surface area contributed by atoms with Gasteiger partial charge in [0.1, 0.15) is 0 Å². The highest BCUT2D eigenvalue weighted by Crippen LogP contribution is 2.20. The number of amides is 2. The lowest BCUT2D eigenvalue weighted by molar-refractivity contribution is -0.143. The number of rotatable bonds is 6. The molecule has 114 valence electrons. The van der Waals surface area contributed by atoms with Crippen molar-refractivity contribution in [2.24, 2.45) is 5.92 Å². The van der Waals surface area contributed by atoms with Crippen LogP contribution in [-0.4, -0.2) is 60.1 Å². The first-order valence-electron chi connectivity index (χ1n) is 6.55. The summed E-state index contributed by atoms with van der Waals surface area (Å²) in [5.74, 6) is -2.30. The molecule has 20 heavy (non-hydrogen) atoms. The van der Waals surface area contributed by atoms with Crippen LogP contribution in [0.5, 0.6) is 0 Å². The molecule has 0 aromatic rings. The number of carboxylic acids is 1. The molecule has 0 aliphatic carbocycles. The molecule has 0 bridgehead atoms. The quantitative estimate of drug-likeness (QED) is 0.539. The van der Waals surface area contributed by atoms with Crippen molar-refractivity contribution in [3.8, 4) is 0 Å². The van der Waals surface area contributed by atoms with Crippen molar-refractivity contribution < 1.29 is 24.2 Å². The Morgan fingerprint density at radius 1 is 1.30 bits per heavy atom. The molecule has 1 saturated heterocycles. The zero-order chi connectivity index (χ0) is 15.1. The number of nitrogens with zero attached hydrogens (tertiary/aromatic N) is 1. The van der Waals surface area contributed by atoms with Gasteiger partial charge >= 0.3 is 5.97 Å². The molecule has 0 saturated carbocycles. The van der Waals surface area contributed by atoms with Gasteiger partial charge in [0.25, 0.3) is 5.91 Å². The van der Waals surface area contributed by atoms with Gasteiger partial charge < -0.3 is 9.84 Å². The fourth-order valence-corrected chi connectivity index (χ4v) is 2.17. The first-order valence-corrected chi connectivity index (χ1v) is 6.55. The maximum absolute atomic E-state index is 11.7. The lowest BCUT2D eigenvalue weighted by Crippen LogP contribution is -2.51. The van der Waals surface area contributed by atoms with Gasteiger partial charge in [0.05, 0.1) is 25.7 Å². The first-order chi connectivity index (χ1) is 9.45. The molecule has 2 unspecified atom stereocenters. The van der Waals surface area contributed by atoms with Crippen molar-refractivity contribution in [3.05, 3.63) is 0 Å². The van der Waals surface area contributed by atoms with Crippen molar-refractivity contribution in [1.82, 2.24) is 15.8 Å². The Kier molecular flexibility index (Phi) is 6.40. The van der Waals surface area contributed by atoms with Crippen LogP contribution in [0, 0.1) is 5.92 Å². The van der Waals surface area contributed by atoms with Crippen LogP contribution in [0.1, 0.15) is 20.3 Å². The van der Waals surface area contributed by atoms with Crippen LogP contribution >= 0.6 is 0 Å². The van der Waals surface area contributed by atoms with Crippen molar-refractivity contribution in [2.45, 2.75) is 26.3 Å². The Balaban J connectivity index is 2.61. The molecule has 0 aromatic carbocycles. The monoisotopic (exact) mass is 287 g/mol. The van der Waals surface area contributed by atoms with Gasteiger partial charge in [-0.15, -0.1) is 0 Å². The lowest BCUT2D eigenvalue weighted by atomic mass is 10.0. The smallest absolute Gasteiger partial charge is 0.310 e. The fraction of sp³-hybridized carbons (Fsp3) is 0.750. The lowest BCUT2D eigenvalue weighted by Gasteiger charge is -2.29. The number of hydrazine groups is 1. The summed E-state index contributed by atoms with van der Waals surface area (Å²) >= 11 is 0. The normalized spacial score (nSPS) is 21.8. The number of hydrogen-bond donors (Lipinski definition) is 3. The van der Waals surface area contributed by atoms with E-state index in [0.717, 1.165) is 6.42 Å². The molecule has 3 N–H and O–H groups in total. The minimum absolute atomic E-state index is 0.0198. The molecule has 2 amide bonds. The highest BCUT2D eigenvalue weighted by molar-refractivity contribution is 5.82. The third-order valence-electron chi connectivity index (χ3n) is 3.07. The van der Waals surface area contributed by atoms with E-state index >= 15 is 0 Å². The summed E-state index contributed by atoms with van der Waals surface area (Å²) in [6.45, 7) is 4.30. The number of carbonyl (C=O) groups excluding carboxylic acids is 2. The molecule has 1 fully saturated rings. The summed E-state index contributed by atoms with van der Waals surface area (Å²) in [6.07, 6.45) is 0.788. The Labute approximate surface area is 117 Å². The predicted molar refractivity (Wildman–Crippen MR) is 69.6 cm³/mol. The van der Waals surface area contributed by atoms with E-state index in [1.165, 1.54) is 6.92 Å². The highest BCUT2D eigenvalue weighted by Gasteiger charge is 2.38. The number of ether oxygens (including phenoxy) is 1. The van der Waals surface area contributed by atoms with E-state index in [1.807, 2.05) is 6.92 Å². The number of nitrogens with one attached hydrogen (secondary N) is 2. The maximum Gasteiger partial charge on any atom is 0.310 e. The first kappa shape index (κ1) is 16.4. The van der Waals surface area contributed by atoms with Gasteiger partial charge in [-0.25, -0.2) is 0 Å². The van der Waals surface area contributed by atoms with E-state index in [0.29, 0.717) is 13.2 Å². The number of carboxylic acid groups (broad SMARTS) is 1. The summed E-state index contributed by atoms with van der Waals surface area (Å²) in [4.78, 5) is 35.4. The van der Waals surface area contributed by atoms with E-state index in [-0.39, 0.29) is 31.0 Å². The van der Waals surface area contributed by atoms with Crippen LogP contribution < -0.4 is 10.9 Å². The van der Waals surface area contributed by atoms with Crippen LogP contribution in [0.25, 0.3) is 0 Å². The summed E-state index contributed by atoms with van der Waals surface area (Å²) in [6, 6.07) is -0.324. The maximum atomic E-state index is 11.7. The Bertz CT molecular complexity index is 374. The molecule has 0 spiro atoms. The number of aliphatic carboxylic acids is 1. The molecule has 1 aliphatic heterocycles. The molecule has 0 aromatic heterocycles. The van der Waals surface area contributed by atoms with Gasteiger partial charge in [0, 0.05) is 13.0 Å². The standard InChI is InChI=1S/C12H21N3O5/c1-3-4-15(5-11(17)14-13-8(2)16)10-7-20-6-9(10)12(18)19/h9-10H,3-7H2,1-2H3,(H,13,16)(H,14,17)(H,18,19). The SMILES string of the molecule is CCCN(CC(=O)NNC(C)=O)C1COCC1C(=O)O. The van der Waals surface area contributed by atoms with Gasteiger partial charge in [0.2, 0.25) is 5.91 Å². The Morgan fingerprint density at radius 3 is 2.55 bits per heavy atom. The Hall–Kier alpha value is -1.67. The second-order valence-electron chi connectivity index (χ2n) is 4.75. The summed E-state index contributed by atoms with van der Waals surface area (Å²) in [5, 5.41) is 9.15. The van der Waals surface area contributed by atoms with Gasteiger partial charge in [0.15, 0.2) is 0 Å². The third-order valence-corrected chi connectivity index (χ3v) is 3.07. The van der Waals surface area contributed by atoms with Crippen molar-refractivity contribution in [2.75, 3.05) is 26.3 Å². The average molecular weight is 287 g/mol. The summed E-state index contributed by atoms with van der Waals surface area (Å²) in [7, 11) is 0. The van der Waals surface area contributed by atoms with Crippen LogP contribution in [0.2, 0.25) is 0 Å². The number of hydrogen-bond acceptors (Lipinski definition) is 5. The minimum Gasteiger partial charge on any atom is -0.481 e. The molecular formula is C12H21N3O5. The molecule has 8 nitrogen and oxygen atoms in total. The van der Waals surface area contributed by atoms with Gasteiger partial charge in [-0.2, -0.15) is 0 Å². The van der Waals surface area contributed by atoms with Crippen molar-refractivity contribution >= 4 is 17.8 Å². The van der Waals surface area contributed by atoms with E-state index in [9.17, 15) is 14.4 Å².